The molecular weight excluding hydrogens is 294 g/mol. The van der Waals surface area contributed by atoms with E-state index in [9.17, 15) is 9.59 Å². The number of hydrogen-bond donors (Lipinski definition) is 1. The summed E-state index contributed by atoms with van der Waals surface area (Å²) in [4.78, 5) is 25.5. The van der Waals surface area contributed by atoms with E-state index in [1.54, 1.807) is 4.57 Å². The molecule has 2 aromatic rings. The minimum atomic E-state index is -0.208. The smallest absolute Gasteiger partial charge is 0.292 e. The van der Waals surface area contributed by atoms with Gasteiger partial charge in [0.25, 0.3) is 0 Å². The van der Waals surface area contributed by atoms with Crippen LogP contribution in [0.15, 0.2) is 22.1 Å². The monoisotopic (exact) mass is 311 g/mol. The second-order valence-corrected chi connectivity index (χ2v) is 6.67. The molecule has 0 radical (unpaired) electrons. The van der Waals surface area contributed by atoms with Gasteiger partial charge in [0, 0.05) is 11.4 Å². The molecule has 0 spiro atoms. The fourth-order valence-corrected chi connectivity index (χ4v) is 3.46. The van der Waals surface area contributed by atoms with E-state index in [1.807, 2.05) is 19.1 Å². The highest BCUT2D eigenvalue weighted by Gasteiger charge is 2.13. The summed E-state index contributed by atoms with van der Waals surface area (Å²) in [6.45, 7) is 4.69. The Morgan fingerprint density at radius 3 is 2.95 bits per heavy atom. The SMILES string of the molecule is CCCCn1c(SCC(=O)c2ccc(C)s2)n[nH]c1=O. The Balaban J connectivity index is 2.00. The van der Waals surface area contributed by atoms with Crippen LogP contribution >= 0.6 is 23.1 Å². The van der Waals surface area contributed by atoms with Crippen molar-refractivity contribution in [3.05, 3.63) is 32.4 Å². The highest BCUT2D eigenvalue weighted by atomic mass is 32.2. The normalized spacial score (nSPS) is 10.9. The molecule has 0 saturated heterocycles. The number of carbonyl (C=O) groups is 1. The third kappa shape index (κ3) is 3.61. The topological polar surface area (TPSA) is 67.8 Å². The number of aryl methyl sites for hydroxylation is 1. The van der Waals surface area contributed by atoms with Crippen molar-refractivity contribution < 1.29 is 4.79 Å². The van der Waals surface area contributed by atoms with Crippen LogP contribution in [-0.2, 0) is 6.54 Å². The van der Waals surface area contributed by atoms with Gasteiger partial charge >= 0.3 is 5.69 Å². The summed E-state index contributed by atoms with van der Waals surface area (Å²) < 4.78 is 1.60. The summed E-state index contributed by atoms with van der Waals surface area (Å²) in [6, 6.07) is 3.78. The Morgan fingerprint density at radius 1 is 1.50 bits per heavy atom. The van der Waals surface area contributed by atoms with E-state index < -0.39 is 0 Å². The number of nitrogens with zero attached hydrogens (tertiary/aromatic N) is 2. The predicted octanol–water partition coefficient (Wildman–Crippen LogP) is 2.72. The molecule has 0 unspecified atom stereocenters. The minimum Gasteiger partial charge on any atom is -0.292 e. The van der Waals surface area contributed by atoms with E-state index >= 15 is 0 Å². The number of rotatable bonds is 7. The molecule has 5 nitrogen and oxygen atoms in total. The number of aromatic amines is 1. The molecule has 0 aromatic carbocycles. The van der Waals surface area contributed by atoms with Gasteiger partial charge in [0.05, 0.1) is 10.6 Å². The summed E-state index contributed by atoms with van der Waals surface area (Å²) in [5, 5.41) is 7.01. The maximum absolute atomic E-state index is 12.0. The second-order valence-electron chi connectivity index (χ2n) is 4.44. The third-order valence-electron chi connectivity index (χ3n) is 2.81. The number of ketones is 1. The van der Waals surface area contributed by atoms with Crippen molar-refractivity contribution in [2.75, 3.05) is 5.75 Å². The molecule has 2 heterocycles. The lowest BCUT2D eigenvalue weighted by molar-refractivity contribution is 0.102. The van der Waals surface area contributed by atoms with Gasteiger partial charge in [0.1, 0.15) is 0 Å². The van der Waals surface area contributed by atoms with Crippen LogP contribution in [0.5, 0.6) is 0 Å². The average Bonchev–Trinajstić information content (AvgIpc) is 3.01. The number of aromatic nitrogens is 3. The Labute approximate surface area is 125 Å². The van der Waals surface area contributed by atoms with Crippen LogP contribution in [0.1, 0.15) is 34.3 Å². The van der Waals surface area contributed by atoms with Gasteiger partial charge in [-0.1, -0.05) is 25.1 Å². The van der Waals surface area contributed by atoms with Crippen LogP contribution in [0.2, 0.25) is 0 Å². The largest absolute Gasteiger partial charge is 0.343 e. The van der Waals surface area contributed by atoms with E-state index in [4.69, 9.17) is 0 Å². The molecule has 2 rings (SSSR count). The number of H-pyrrole nitrogens is 1. The van der Waals surface area contributed by atoms with E-state index in [0.717, 1.165) is 22.6 Å². The predicted molar refractivity (Wildman–Crippen MR) is 81.9 cm³/mol. The molecule has 0 atom stereocenters. The van der Waals surface area contributed by atoms with Gasteiger partial charge in [-0.25, -0.2) is 9.89 Å². The van der Waals surface area contributed by atoms with Gasteiger partial charge < -0.3 is 0 Å². The first-order valence-corrected chi connectivity index (χ1v) is 8.29. The van der Waals surface area contributed by atoms with Crippen molar-refractivity contribution in [2.45, 2.75) is 38.4 Å². The molecular formula is C13H17N3O2S2. The van der Waals surface area contributed by atoms with Crippen molar-refractivity contribution in [1.29, 1.82) is 0 Å². The number of unbranched alkanes of at least 4 members (excludes halogenated alkanes) is 1. The summed E-state index contributed by atoms with van der Waals surface area (Å²) in [7, 11) is 0. The second kappa shape index (κ2) is 6.90. The van der Waals surface area contributed by atoms with Gasteiger partial charge in [-0.05, 0) is 25.5 Å². The Hall–Kier alpha value is -1.34. The van der Waals surface area contributed by atoms with Gasteiger partial charge in [-0.2, -0.15) is 0 Å². The Bertz CT molecular complexity index is 642. The number of thioether (sulfide) groups is 1. The third-order valence-corrected chi connectivity index (χ3v) is 4.82. The lowest BCUT2D eigenvalue weighted by Gasteiger charge is -2.03. The highest BCUT2D eigenvalue weighted by molar-refractivity contribution is 7.99. The van der Waals surface area contributed by atoms with Crippen molar-refractivity contribution in [3.8, 4) is 0 Å². The zero-order valence-electron chi connectivity index (χ0n) is 11.5. The standard InChI is InChI=1S/C13H17N3O2S2/c1-3-4-7-16-12(18)14-15-13(16)19-8-10(17)11-6-5-9(2)20-11/h5-6H,3-4,7-8H2,1-2H3,(H,14,18). The van der Waals surface area contributed by atoms with Crippen LogP contribution in [-0.4, -0.2) is 26.3 Å². The van der Waals surface area contributed by atoms with Crippen molar-refractivity contribution in [2.24, 2.45) is 0 Å². The van der Waals surface area contributed by atoms with Crippen LogP contribution in [0.3, 0.4) is 0 Å². The van der Waals surface area contributed by atoms with Crippen molar-refractivity contribution in [3.63, 3.8) is 0 Å². The fraction of sp³-hybridized carbons (Fsp3) is 0.462. The molecule has 0 aliphatic rings. The van der Waals surface area contributed by atoms with E-state index in [2.05, 4.69) is 17.1 Å². The highest BCUT2D eigenvalue weighted by Crippen LogP contribution is 2.20. The Kier molecular flexibility index (Phi) is 5.19. The number of thiophene rings is 1. The molecule has 0 saturated carbocycles. The van der Waals surface area contributed by atoms with Crippen LogP contribution in [0.25, 0.3) is 0 Å². The molecule has 0 fully saturated rings. The van der Waals surface area contributed by atoms with Gasteiger partial charge in [-0.3, -0.25) is 9.36 Å². The molecule has 0 bridgehead atoms. The van der Waals surface area contributed by atoms with Gasteiger partial charge in [0.15, 0.2) is 10.9 Å². The first-order chi connectivity index (χ1) is 9.61. The Morgan fingerprint density at radius 2 is 2.30 bits per heavy atom. The van der Waals surface area contributed by atoms with Gasteiger partial charge in [0.2, 0.25) is 0 Å². The van der Waals surface area contributed by atoms with Gasteiger partial charge in [-0.15, -0.1) is 16.4 Å². The number of hydrogen-bond acceptors (Lipinski definition) is 5. The molecule has 0 aliphatic heterocycles. The van der Waals surface area contributed by atoms with E-state index in [-0.39, 0.29) is 11.5 Å². The molecule has 1 N–H and O–H groups in total. The van der Waals surface area contributed by atoms with Crippen molar-refractivity contribution in [1.82, 2.24) is 14.8 Å². The maximum atomic E-state index is 12.0. The average molecular weight is 311 g/mol. The minimum absolute atomic E-state index is 0.0746. The first-order valence-electron chi connectivity index (χ1n) is 6.49. The number of Topliss-reactive ketones (excluding diaryl/α,β-unsaturated/α-hetero) is 1. The number of nitrogens with one attached hydrogen (secondary N) is 1. The molecule has 20 heavy (non-hydrogen) atoms. The molecule has 0 aliphatic carbocycles. The zero-order chi connectivity index (χ0) is 14.5. The summed E-state index contributed by atoms with van der Waals surface area (Å²) in [6.07, 6.45) is 1.93. The lowest BCUT2D eigenvalue weighted by Crippen LogP contribution is -2.17. The fourth-order valence-electron chi connectivity index (χ4n) is 1.71. The summed E-state index contributed by atoms with van der Waals surface area (Å²) >= 11 is 2.80. The molecule has 2 aromatic heterocycles. The quantitative estimate of drug-likeness (QED) is 0.630. The van der Waals surface area contributed by atoms with Crippen LogP contribution in [0, 0.1) is 6.92 Å². The molecule has 108 valence electrons. The van der Waals surface area contributed by atoms with Crippen LogP contribution in [0.4, 0.5) is 0 Å². The van der Waals surface area contributed by atoms with E-state index in [0.29, 0.717) is 17.5 Å². The maximum Gasteiger partial charge on any atom is 0.343 e. The number of carbonyl (C=O) groups excluding carboxylic acids is 1. The van der Waals surface area contributed by atoms with E-state index in [1.165, 1.54) is 23.1 Å². The zero-order valence-corrected chi connectivity index (χ0v) is 13.1. The lowest BCUT2D eigenvalue weighted by atomic mass is 10.3. The molecule has 7 heteroatoms. The van der Waals surface area contributed by atoms with Crippen molar-refractivity contribution >= 4 is 28.9 Å². The summed E-state index contributed by atoms with van der Waals surface area (Å²) in [5.74, 6) is 0.377. The summed E-state index contributed by atoms with van der Waals surface area (Å²) in [5.41, 5.74) is -0.208. The first kappa shape index (κ1) is 15.1. The van der Waals surface area contributed by atoms with Crippen LogP contribution < -0.4 is 5.69 Å². The molecule has 0 amide bonds.